The van der Waals surface area contributed by atoms with Crippen molar-refractivity contribution in [2.75, 3.05) is 7.11 Å². The molecule has 0 amide bonds. The minimum absolute atomic E-state index is 0.469. The summed E-state index contributed by atoms with van der Waals surface area (Å²) in [6.45, 7) is 0. The van der Waals surface area contributed by atoms with Gasteiger partial charge in [0, 0.05) is 6.20 Å². The zero-order valence-corrected chi connectivity index (χ0v) is 7.51. The summed E-state index contributed by atoms with van der Waals surface area (Å²) < 4.78 is 41.8. The van der Waals surface area contributed by atoms with E-state index in [-0.39, 0.29) is 0 Å². The first-order valence-electron chi connectivity index (χ1n) is 3.76. The number of hydrogen-bond donors (Lipinski definition) is 1. The van der Waals surface area contributed by atoms with Crippen molar-refractivity contribution in [1.82, 2.24) is 4.98 Å². The van der Waals surface area contributed by atoms with Crippen LogP contribution in [0.4, 0.5) is 13.2 Å². The molecule has 0 bridgehead atoms. The molecule has 0 aliphatic heterocycles. The Balaban J connectivity index is 3.52. The normalized spacial score (nSPS) is 10.5. The van der Waals surface area contributed by atoms with Gasteiger partial charge < -0.3 is 9.72 Å². The number of aromatic nitrogens is 1. The van der Waals surface area contributed by atoms with Gasteiger partial charge in [-0.1, -0.05) is 0 Å². The van der Waals surface area contributed by atoms with Crippen LogP contribution in [0.25, 0.3) is 0 Å². The van der Waals surface area contributed by atoms with Crippen molar-refractivity contribution in [2.24, 2.45) is 0 Å². The van der Waals surface area contributed by atoms with Crippen LogP contribution in [0, 0.1) is 5.82 Å². The summed E-state index contributed by atoms with van der Waals surface area (Å²) in [6.07, 6.45) is -2.79. The fourth-order valence-corrected chi connectivity index (χ4v) is 1.04. The number of hydrogen-bond acceptors (Lipinski definition) is 3. The molecule has 0 saturated carbocycles. The molecule has 1 heterocycles. The number of H-pyrrole nitrogens is 1. The van der Waals surface area contributed by atoms with Crippen molar-refractivity contribution in [3.05, 3.63) is 33.5 Å². The summed E-state index contributed by atoms with van der Waals surface area (Å²) in [6, 6.07) is 0. The lowest BCUT2D eigenvalue weighted by atomic mass is 10.1. The van der Waals surface area contributed by atoms with E-state index in [2.05, 4.69) is 4.74 Å². The first-order valence-corrected chi connectivity index (χ1v) is 3.76. The fraction of sp³-hybridized carbons (Fsp3) is 0.250. The molecule has 1 N–H and O–H groups in total. The van der Waals surface area contributed by atoms with Crippen LogP contribution in [0.2, 0.25) is 0 Å². The van der Waals surface area contributed by atoms with E-state index in [1.165, 1.54) is 0 Å². The summed E-state index contributed by atoms with van der Waals surface area (Å²) in [5.41, 5.74) is -3.36. The number of halogens is 3. The van der Waals surface area contributed by atoms with Crippen molar-refractivity contribution in [1.29, 1.82) is 0 Å². The van der Waals surface area contributed by atoms with Gasteiger partial charge in [0.1, 0.15) is 11.4 Å². The second-order valence-electron chi connectivity index (χ2n) is 2.55. The third-order valence-electron chi connectivity index (χ3n) is 1.69. The highest BCUT2D eigenvalue weighted by Crippen LogP contribution is 2.23. The van der Waals surface area contributed by atoms with Crippen molar-refractivity contribution in [2.45, 2.75) is 6.43 Å². The van der Waals surface area contributed by atoms with Crippen molar-refractivity contribution < 1.29 is 22.7 Å². The first kappa shape index (κ1) is 11.3. The lowest BCUT2D eigenvalue weighted by Gasteiger charge is -2.06. The average Bonchev–Trinajstić information content (AvgIpc) is 2.19. The molecule has 0 aromatic carbocycles. The maximum absolute atomic E-state index is 12.9. The Bertz CT molecular complexity index is 441. The number of esters is 1. The minimum Gasteiger partial charge on any atom is -0.465 e. The minimum atomic E-state index is -3.26. The number of rotatable bonds is 2. The molecule has 0 aliphatic carbocycles. The first-order chi connectivity index (χ1) is 6.99. The van der Waals surface area contributed by atoms with Gasteiger partial charge in [0.15, 0.2) is 0 Å². The molecular weight excluding hydrogens is 215 g/mol. The molecule has 82 valence electrons. The van der Waals surface area contributed by atoms with E-state index in [0.717, 1.165) is 7.11 Å². The quantitative estimate of drug-likeness (QED) is 0.764. The predicted molar refractivity (Wildman–Crippen MR) is 43.3 cm³/mol. The summed E-state index contributed by atoms with van der Waals surface area (Å²) in [4.78, 5) is 23.8. The average molecular weight is 221 g/mol. The zero-order valence-electron chi connectivity index (χ0n) is 7.51. The van der Waals surface area contributed by atoms with Crippen LogP contribution in [0.3, 0.4) is 0 Å². The maximum Gasteiger partial charge on any atom is 0.344 e. The van der Waals surface area contributed by atoms with Gasteiger partial charge in [0.2, 0.25) is 0 Å². The van der Waals surface area contributed by atoms with E-state index in [1.807, 2.05) is 4.98 Å². The van der Waals surface area contributed by atoms with Crippen LogP contribution < -0.4 is 5.56 Å². The van der Waals surface area contributed by atoms with Gasteiger partial charge in [-0.15, -0.1) is 0 Å². The highest BCUT2D eigenvalue weighted by Gasteiger charge is 2.26. The molecule has 0 atom stereocenters. The van der Waals surface area contributed by atoms with E-state index < -0.39 is 34.9 Å². The third-order valence-corrected chi connectivity index (χ3v) is 1.69. The molecule has 0 saturated heterocycles. The predicted octanol–water partition coefficient (Wildman–Crippen LogP) is 1.24. The number of alkyl halides is 2. The van der Waals surface area contributed by atoms with E-state index >= 15 is 0 Å². The number of carbonyl (C=O) groups is 1. The Kier molecular flexibility index (Phi) is 3.13. The lowest BCUT2D eigenvalue weighted by molar-refractivity contribution is 0.0584. The van der Waals surface area contributed by atoms with Gasteiger partial charge in [-0.25, -0.2) is 18.0 Å². The molecule has 15 heavy (non-hydrogen) atoms. The molecule has 1 aromatic heterocycles. The van der Waals surface area contributed by atoms with Crippen molar-refractivity contribution in [3.63, 3.8) is 0 Å². The van der Waals surface area contributed by atoms with Crippen LogP contribution in [-0.2, 0) is 4.74 Å². The summed E-state index contributed by atoms with van der Waals surface area (Å²) in [5, 5.41) is 0. The van der Waals surface area contributed by atoms with Crippen molar-refractivity contribution >= 4 is 5.97 Å². The maximum atomic E-state index is 12.9. The second-order valence-corrected chi connectivity index (χ2v) is 2.55. The van der Waals surface area contributed by atoms with E-state index in [0.29, 0.717) is 6.20 Å². The number of carbonyl (C=O) groups excluding carboxylic acids is 1. The molecule has 7 heteroatoms. The van der Waals surface area contributed by atoms with E-state index in [4.69, 9.17) is 0 Å². The van der Waals surface area contributed by atoms with Gasteiger partial charge in [-0.05, 0) is 0 Å². The Morgan fingerprint density at radius 1 is 1.53 bits per heavy atom. The molecule has 0 spiro atoms. The SMILES string of the molecule is COC(=O)c1c(C(F)F)c(F)c[nH]c1=O. The molecule has 1 aromatic rings. The van der Waals surface area contributed by atoms with Crippen LogP contribution in [-0.4, -0.2) is 18.1 Å². The van der Waals surface area contributed by atoms with Gasteiger partial charge in [-0.2, -0.15) is 0 Å². The highest BCUT2D eigenvalue weighted by molar-refractivity contribution is 5.90. The number of nitrogens with one attached hydrogen (secondary N) is 1. The number of ether oxygens (including phenoxy) is 1. The monoisotopic (exact) mass is 221 g/mol. The lowest BCUT2D eigenvalue weighted by Crippen LogP contribution is -2.23. The van der Waals surface area contributed by atoms with Gasteiger partial charge in [0.25, 0.3) is 12.0 Å². The van der Waals surface area contributed by atoms with Gasteiger partial charge in [-0.3, -0.25) is 4.79 Å². The largest absolute Gasteiger partial charge is 0.465 e. The standard InChI is InChI=1S/C8H6F3NO3/c1-15-8(14)5-4(6(10)11)3(9)2-12-7(5)13/h2,6H,1H3,(H,12,13). The molecule has 0 aliphatic rings. The van der Waals surface area contributed by atoms with Crippen molar-refractivity contribution in [3.8, 4) is 0 Å². The Morgan fingerprint density at radius 2 is 2.13 bits per heavy atom. The van der Waals surface area contributed by atoms with Crippen LogP contribution >= 0.6 is 0 Å². The molecular formula is C8H6F3NO3. The number of aromatic amines is 1. The molecule has 0 radical (unpaired) electrons. The Hall–Kier alpha value is -1.79. The number of pyridine rings is 1. The zero-order chi connectivity index (χ0) is 11.6. The molecule has 0 unspecified atom stereocenters. The summed E-state index contributed by atoms with van der Waals surface area (Å²) >= 11 is 0. The van der Waals surface area contributed by atoms with Gasteiger partial charge in [0.05, 0.1) is 12.7 Å². The Labute approximate surface area is 81.7 Å². The molecule has 0 fully saturated rings. The molecule has 4 nitrogen and oxygen atoms in total. The molecule has 1 rings (SSSR count). The van der Waals surface area contributed by atoms with Crippen LogP contribution in [0.15, 0.2) is 11.0 Å². The summed E-state index contributed by atoms with van der Waals surface area (Å²) in [5.74, 6) is -2.66. The van der Waals surface area contributed by atoms with E-state index in [9.17, 15) is 22.8 Å². The smallest absolute Gasteiger partial charge is 0.344 e. The summed E-state index contributed by atoms with van der Waals surface area (Å²) in [7, 11) is 0.905. The Morgan fingerprint density at radius 3 is 2.60 bits per heavy atom. The number of methoxy groups -OCH3 is 1. The van der Waals surface area contributed by atoms with Crippen LogP contribution in [0.1, 0.15) is 22.3 Å². The fourth-order valence-electron chi connectivity index (χ4n) is 1.04. The topological polar surface area (TPSA) is 59.2 Å². The van der Waals surface area contributed by atoms with Crippen LogP contribution in [0.5, 0.6) is 0 Å². The second kappa shape index (κ2) is 4.16. The van der Waals surface area contributed by atoms with Gasteiger partial charge >= 0.3 is 5.97 Å². The highest BCUT2D eigenvalue weighted by atomic mass is 19.3. The van der Waals surface area contributed by atoms with E-state index in [1.54, 1.807) is 0 Å². The third kappa shape index (κ3) is 2.00.